The number of fused-ring (bicyclic) bond motifs is 1. The van der Waals surface area contributed by atoms with Gasteiger partial charge < -0.3 is 9.72 Å². The Kier molecular flexibility index (Phi) is 2.68. The van der Waals surface area contributed by atoms with Gasteiger partial charge >= 0.3 is 0 Å². The number of hydrogen-bond donors (Lipinski definition) is 1. The molecule has 2 rings (SSSR count). The molecule has 1 aromatic carbocycles. The van der Waals surface area contributed by atoms with Crippen molar-refractivity contribution >= 4 is 29.0 Å². The number of H-pyrrole nitrogens is 1. The number of aldehydes is 1. The summed E-state index contributed by atoms with van der Waals surface area (Å²) in [6, 6.07) is 5.64. The number of carbonyl (C=O) groups is 1. The van der Waals surface area contributed by atoms with Crippen LogP contribution in [0.15, 0.2) is 23.2 Å². The van der Waals surface area contributed by atoms with E-state index in [-0.39, 0.29) is 0 Å². The quantitative estimate of drug-likeness (QED) is 0.640. The summed E-state index contributed by atoms with van der Waals surface area (Å²) in [5, 5.41) is 1.84. The first kappa shape index (κ1) is 10.1. The van der Waals surface area contributed by atoms with Gasteiger partial charge in [0, 0.05) is 11.5 Å². The van der Waals surface area contributed by atoms with E-state index in [0.29, 0.717) is 0 Å². The second-order valence-corrected chi connectivity index (χ2v) is 3.92. The van der Waals surface area contributed by atoms with Crippen molar-refractivity contribution in [1.82, 2.24) is 4.98 Å². The van der Waals surface area contributed by atoms with Crippen LogP contribution in [-0.4, -0.2) is 24.6 Å². The van der Waals surface area contributed by atoms with Crippen LogP contribution in [0.2, 0.25) is 0 Å². The molecule has 0 fully saturated rings. The highest BCUT2D eigenvalue weighted by atomic mass is 32.2. The van der Waals surface area contributed by atoms with E-state index in [9.17, 15) is 4.79 Å². The number of aromatic nitrogens is 1. The summed E-state index contributed by atoms with van der Waals surface area (Å²) < 4.78 is 5.12. The monoisotopic (exact) mass is 221 g/mol. The molecule has 4 heteroatoms. The van der Waals surface area contributed by atoms with Gasteiger partial charge in [-0.05, 0) is 18.4 Å². The Hall–Kier alpha value is -1.42. The number of hydrogen-bond acceptors (Lipinski definition) is 3. The maximum atomic E-state index is 11.0. The van der Waals surface area contributed by atoms with Crippen molar-refractivity contribution in [2.24, 2.45) is 0 Å². The molecular formula is C11H11NO2S. The summed E-state index contributed by atoms with van der Waals surface area (Å²) in [4.78, 5) is 14.1. The topological polar surface area (TPSA) is 42.1 Å². The Balaban J connectivity index is 2.70. The third-order valence-electron chi connectivity index (χ3n) is 2.33. The van der Waals surface area contributed by atoms with E-state index in [1.807, 2.05) is 24.5 Å². The molecule has 1 N–H and O–H groups in total. The van der Waals surface area contributed by atoms with Gasteiger partial charge in [-0.3, -0.25) is 4.79 Å². The molecule has 3 nitrogen and oxygen atoms in total. The maximum absolute atomic E-state index is 11.0. The van der Waals surface area contributed by atoms with Gasteiger partial charge in [0.05, 0.1) is 23.2 Å². The molecule has 0 amide bonds. The number of ether oxygens (including phenoxy) is 1. The third kappa shape index (κ3) is 1.61. The highest BCUT2D eigenvalue weighted by Crippen LogP contribution is 2.29. The van der Waals surface area contributed by atoms with Crippen LogP contribution < -0.4 is 4.74 Å². The van der Waals surface area contributed by atoms with Gasteiger partial charge in [0.15, 0.2) is 6.29 Å². The highest BCUT2D eigenvalue weighted by molar-refractivity contribution is 7.98. The van der Waals surface area contributed by atoms with Gasteiger partial charge in [-0.25, -0.2) is 0 Å². The number of carbonyl (C=O) groups excluding carboxylic acids is 1. The predicted molar refractivity (Wildman–Crippen MR) is 62.0 cm³/mol. The summed E-state index contributed by atoms with van der Waals surface area (Å²) in [5.74, 6) is 0.786. The lowest BCUT2D eigenvalue weighted by molar-refractivity contribution is 0.112. The van der Waals surface area contributed by atoms with Crippen LogP contribution in [0, 0.1) is 0 Å². The highest BCUT2D eigenvalue weighted by Gasteiger charge is 2.10. The SMILES string of the molecule is COc1ccc2c(C=O)c(SC)[nH]c2c1. The Morgan fingerprint density at radius 1 is 1.47 bits per heavy atom. The minimum absolute atomic E-state index is 0.722. The molecule has 1 heterocycles. The summed E-state index contributed by atoms with van der Waals surface area (Å²) in [7, 11) is 1.63. The van der Waals surface area contributed by atoms with E-state index in [1.165, 1.54) is 11.8 Å². The van der Waals surface area contributed by atoms with Gasteiger partial charge in [-0.2, -0.15) is 0 Å². The van der Waals surface area contributed by atoms with E-state index < -0.39 is 0 Å². The van der Waals surface area contributed by atoms with E-state index in [2.05, 4.69) is 4.98 Å². The van der Waals surface area contributed by atoms with Crippen molar-refractivity contribution in [3.05, 3.63) is 23.8 Å². The van der Waals surface area contributed by atoms with E-state index in [4.69, 9.17) is 4.74 Å². The van der Waals surface area contributed by atoms with Crippen molar-refractivity contribution in [3.63, 3.8) is 0 Å². The Bertz CT molecular complexity index is 505. The van der Waals surface area contributed by atoms with E-state index in [1.54, 1.807) is 7.11 Å². The second-order valence-electron chi connectivity index (χ2n) is 3.10. The first-order valence-electron chi connectivity index (χ1n) is 4.49. The lowest BCUT2D eigenvalue weighted by atomic mass is 10.2. The van der Waals surface area contributed by atoms with Crippen LogP contribution >= 0.6 is 11.8 Å². The lowest BCUT2D eigenvalue weighted by Crippen LogP contribution is -1.82. The van der Waals surface area contributed by atoms with Crippen molar-refractivity contribution in [1.29, 1.82) is 0 Å². The molecule has 0 unspecified atom stereocenters. The normalized spacial score (nSPS) is 10.5. The van der Waals surface area contributed by atoms with Gasteiger partial charge in [0.2, 0.25) is 0 Å². The minimum atomic E-state index is 0.722. The van der Waals surface area contributed by atoms with Crippen LogP contribution in [-0.2, 0) is 0 Å². The molecule has 0 radical (unpaired) electrons. The number of thioether (sulfide) groups is 1. The molecular weight excluding hydrogens is 210 g/mol. The number of aromatic amines is 1. The number of nitrogens with one attached hydrogen (secondary N) is 1. The third-order valence-corrected chi connectivity index (χ3v) is 3.06. The van der Waals surface area contributed by atoms with E-state index >= 15 is 0 Å². The maximum Gasteiger partial charge on any atom is 0.153 e. The van der Waals surface area contributed by atoms with Crippen LogP contribution in [0.1, 0.15) is 10.4 Å². The molecule has 2 aromatic rings. The average molecular weight is 221 g/mol. The molecule has 0 saturated heterocycles. The second kappa shape index (κ2) is 3.98. The fraction of sp³-hybridized carbons (Fsp3) is 0.182. The number of benzene rings is 1. The van der Waals surface area contributed by atoms with Crippen LogP contribution in [0.5, 0.6) is 5.75 Å². The van der Waals surface area contributed by atoms with Crippen molar-refractivity contribution in [3.8, 4) is 5.75 Å². The molecule has 78 valence electrons. The molecule has 1 aromatic heterocycles. The lowest BCUT2D eigenvalue weighted by Gasteiger charge is -1.98. The summed E-state index contributed by atoms with van der Waals surface area (Å²) in [6.07, 6.45) is 2.83. The van der Waals surface area contributed by atoms with Gasteiger partial charge in [0.25, 0.3) is 0 Å². The van der Waals surface area contributed by atoms with Gasteiger partial charge in [-0.1, -0.05) is 0 Å². The Morgan fingerprint density at radius 2 is 2.27 bits per heavy atom. The standard InChI is InChI=1S/C11H11NO2S/c1-14-7-3-4-8-9(6-13)11(15-2)12-10(8)5-7/h3-6,12H,1-2H3. The van der Waals surface area contributed by atoms with E-state index in [0.717, 1.165) is 33.5 Å². The molecule has 15 heavy (non-hydrogen) atoms. The first-order chi connectivity index (χ1) is 7.30. The first-order valence-corrected chi connectivity index (χ1v) is 5.71. The van der Waals surface area contributed by atoms with Crippen LogP contribution in [0.3, 0.4) is 0 Å². The molecule has 0 bridgehead atoms. The molecule has 0 spiro atoms. The molecule has 0 aliphatic carbocycles. The predicted octanol–water partition coefficient (Wildman–Crippen LogP) is 2.71. The Labute approximate surface area is 91.8 Å². The summed E-state index contributed by atoms with van der Waals surface area (Å²) >= 11 is 1.53. The van der Waals surface area contributed by atoms with Crippen LogP contribution in [0.25, 0.3) is 10.9 Å². The van der Waals surface area contributed by atoms with Crippen molar-refractivity contribution < 1.29 is 9.53 Å². The van der Waals surface area contributed by atoms with Crippen molar-refractivity contribution in [2.45, 2.75) is 5.03 Å². The fourth-order valence-electron chi connectivity index (χ4n) is 1.58. The largest absolute Gasteiger partial charge is 0.497 e. The van der Waals surface area contributed by atoms with Gasteiger partial charge in [-0.15, -0.1) is 11.8 Å². The zero-order valence-electron chi connectivity index (χ0n) is 8.53. The minimum Gasteiger partial charge on any atom is -0.497 e. The summed E-state index contributed by atoms with van der Waals surface area (Å²) in [6.45, 7) is 0. The smallest absolute Gasteiger partial charge is 0.153 e. The molecule has 0 aliphatic rings. The number of methoxy groups -OCH3 is 1. The average Bonchev–Trinajstić information content (AvgIpc) is 2.65. The Morgan fingerprint density at radius 3 is 2.87 bits per heavy atom. The number of rotatable bonds is 3. The molecule has 0 saturated carbocycles. The zero-order valence-corrected chi connectivity index (χ0v) is 9.35. The fourth-order valence-corrected chi connectivity index (χ4v) is 2.17. The zero-order chi connectivity index (χ0) is 10.8. The van der Waals surface area contributed by atoms with Crippen molar-refractivity contribution in [2.75, 3.05) is 13.4 Å². The molecule has 0 aliphatic heterocycles. The van der Waals surface area contributed by atoms with Crippen LogP contribution in [0.4, 0.5) is 0 Å². The van der Waals surface area contributed by atoms with Gasteiger partial charge in [0.1, 0.15) is 5.75 Å². The molecule has 0 atom stereocenters. The summed E-state index contributed by atoms with van der Waals surface area (Å²) in [5.41, 5.74) is 1.65.